The first-order chi connectivity index (χ1) is 9.78. The lowest BCUT2D eigenvalue weighted by Gasteiger charge is -2.28. The van der Waals surface area contributed by atoms with E-state index in [9.17, 15) is 4.79 Å². The van der Waals surface area contributed by atoms with Gasteiger partial charge in [0.25, 0.3) is 0 Å². The highest BCUT2D eigenvalue weighted by Crippen LogP contribution is 2.34. The Morgan fingerprint density at radius 1 is 1.25 bits per heavy atom. The van der Waals surface area contributed by atoms with Gasteiger partial charge in [-0.1, -0.05) is 30.3 Å². The lowest BCUT2D eigenvalue weighted by atomic mass is 10.1. The van der Waals surface area contributed by atoms with Crippen molar-refractivity contribution < 1.29 is 9.53 Å². The van der Waals surface area contributed by atoms with Crippen molar-refractivity contribution in [1.82, 2.24) is 0 Å². The lowest BCUT2D eigenvalue weighted by molar-refractivity contribution is 0.102. The molecule has 102 valence electrons. The number of Topliss-reactive ketones (excluding diaryl/α,β-unsaturated/α-hetero) is 1. The number of benzene rings is 2. The van der Waals surface area contributed by atoms with Gasteiger partial charge in [-0.25, -0.2) is 0 Å². The third kappa shape index (κ3) is 2.49. The van der Waals surface area contributed by atoms with Crippen LogP contribution in [0.15, 0.2) is 48.5 Å². The van der Waals surface area contributed by atoms with E-state index in [0.717, 1.165) is 17.0 Å². The fourth-order valence-electron chi connectivity index (χ4n) is 2.27. The normalized spacial score (nSPS) is 16.8. The minimum atomic E-state index is -0.0820. The van der Waals surface area contributed by atoms with Crippen LogP contribution in [0.2, 0.25) is 0 Å². The van der Waals surface area contributed by atoms with Crippen molar-refractivity contribution in [2.24, 2.45) is 0 Å². The number of hydrogen-bond acceptors (Lipinski definition) is 3. The van der Waals surface area contributed by atoms with Crippen LogP contribution in [0.5, 0.6) is 5.75 Å². The van der Waals surface area contributed by atoms with Crippen molar-refractivity contribution in [2.45, 2.75) is 6.10 Å². The molecule has 1 aliphatic heterocycles. The van der Waals surface area contributed by atoms with Crippen LogP contribution in [0.3, 0.4) is 0 Å². The van der Waals surface area contributed by atoms with Gasteiger partial charge in [0.1, 0.15) is 11.9 Å². The monoisotopic (exact) mass is 287 g/mol. The highest BCUT2D eigenvalue weighted by Gasteiger charge is 2.21. The van der Waals surface area contributed by atoms with E-state index in [1.807, 2.05) is 36.4 Å². The van der Waals surface area contributed by atoms with Crippen LogP contribution in [0.25, 0.3) is 0 Å². The number of rotatable bonds is 3. The van der Waals surface area contributed by atoms with Gasteiger partial charge < -0.3 is 10.1 Å². The molecular formula is C16H14ClNO2. The van der Waals surface area contributed by atoms with Crippen LogP contribution in [0.1, 0.15) is 22.0 Å². The van der Waals surface area contributed by atoms with Gasteiger partial charge in [0.2, 0.25) is 0 Å². The number of nitrogens with one attached hydrogen (secondary N) is 1. The predicted molar refractivity (Wildman–Crippen MR) is 79.8 cm³/mol. The number of ketones is 1. The summed E-state index contributed by atoms with van der Waals surface area (Å²) in [5, 5.41) is 3.31. The highest BCUT2D eigenvalue weighted by atomic mass is 35.5. The summed E-state index contributed by atoms with van der Waals surface area (Å²) in [7, 11) is 0. The van der Waals surface area contributed by atoms with Gasteiger partial charge in [-0.2, -0.15) is 0 Å². The molecule has 0 radical (unpaired) electrons. The average Bonchev–Trinajstić information content (AvgIpc) is 2.54. The first-order valence-corrected chi connectivity index (χ1v) is 7.00. The first-order valence-electron chi connectivity index (χ1n) is 6.46. The maximum Gasteiger partial charge on any atom is 0.177 e. The molecule has 4 heteroatoms. The van der Waals surface area contributed by atoms with E-state index in [4.69, 9.17) is 16.3 Å². The number of alkyl halides is 1. The third-order valence-corrected chi connectivity index (χ3v) is 3.58. The molecular weight excluding hydrogens is 274 g/mol. The lowest BCUT2D eigenvalue weighted by Crippen LogP contribution is -2.23. The summed E-state index contributed by atoms with van der Waals surface area (Å²) in [6, 6.07) is 15.4. The second-order valence-electron chi connectivity index (χ2n) is 4.67. The quantitative estimate of drug-likeness (QED) is 0.692. The smallest absolute Gasteiger partial charge is 0.177 e. The maximum atomic E-state index is 11.6. The molecule has 0 bridgehead atoms. The summed E-state index contributed by atoms with van der Waals surface area (Å²) < 4.78 is 5.98. The zero-order chi connectivity index (χ0) is 13.9. The number of halogens is 1. The zero-order valence-electron chi connectivity index (χ0n) is 10.8. The van der Waals surface area contributed by atoms with Crippen LogP contribution < -0.4 is 10.1 Å². The van der Waals surface area contributed by atoms with Crippen LogP contribution in [-0.4, -0.2) is 18.2 Å². The molecule has 0 aliphatic carbocycles. The van der Waals surface area contributed by atoms with Gasteiger partial charge in [0.15, 0.2) is 5.78 Å². The van der Waals surface area contributed by atoms with Gasteiger partial charge in [-0.05, 0) is 23.8 Å². The maximum absolute atomic E-state index is 11.6. The fraction of sp³-hybridized carbons (Fsp3) is 0.188. The van der Waals surface area contributed by atoms with Gasteiger partial charge in [0.05, 0.1) is 18.1 Å². The van der Waals surface area contributed by atoms with Crippen molar-refractivity contribution in [2.75, 3.05) is 17.7 Å². The number of fused-ring (bicyclic) bond motifs is 1. The Labute approximate surface area is 122 Å². The second-order valence-corrected chi connectivity index (χ2v) is 4.93. The summed E-state index contributed by atoms with van der Waals surface area (Å²) >= 11 is 5.57. The van der Waals surface area contributed by atoms with E-state index in [0.29, 0.717) is 12.1 Å². The summed E-state index contributed by atoms with van der Waals surface area (Å²) in [4.78, 5) is 11.6. The molecule has 3 nitrogen and oxygen atoms in total. The van der Waals surface area contributed by atoms with Crippen molar-refractivity contribution in [3.8, 4) is 5.75 Å². The van der Waals surface area contributed by atoms with E-state index in [-0.39, 0.29) is 17.8 Å². The molecule has 2 aromatic carbocycles. The van der Waals surface area contributed by atoms with Crippen LogP contribution in [0.4, 0.5) is 5.69 Å². The Balaban J connectivity index is 1.84. The number of carbonyl (C=O) groups is 1. The summed E-state index contributed by atoms with van der Waals surface area (Å²) in [6.45, 7) is 0.676. The standard InChI is InChI=1S/C16H14ClNO2/c17-9-14(19)12-6-7-15-13(8-12)18-10-16(20-15)11-4-2-1-3-5-11/h1-8,16,18H,9-10H2. The zero-order valence-corrected chi connectivity index (χ0v) is 11.6. The van der Waals surface area contributed by atoms with Crippen molar-refractivity contribution >= 4 is 23.1 Å². The molecule has 0 spiro atoms. The largest absolute Gasteiger partial charge is 0.482 e. The van der Waals surface area contributed by atoms with Crippen LogP contribution in [-0.2, 0) is 0 Å². The minimum Gasteiger partial charge on any atom is -0.482 e. The van der Waals surface area contributed by atoms with Gasteiger partial charge in [0, 0.05) is 5.56 Å². The topological polar surface area (TPSA) is 38.3 Å². The predicted octanol–water partition coefficient (Wildman–Crippen LogP) is 3.65. The molecule has 0 amide bonds. The van der Waals surface area contributed by atoms with E-state index in [1.165, 1.54) is 0 Å². The van der Waals surface area contributed by atoms with E-state index in [1.54, 1.807) is 12.1 Å². The summed E-state index contributed by atoms with van der Waals surface area (Å²) in [5.74, 6) is 0.671. The molecule has 3 rings (SSSR count). The van der Waals surface area contributed by atoms with Gasteiger partial charge >= 0.3 is 0 Å². The van der Waals surface area contributed by atoms with E-state index < -0.39 is 0 Å². The molecule has 0 saturated heterocycles. The minimum absolute atomic E-state index is 0.00765. The average molecular weight is 288 g/mol. The Morgan fingerprint density at radius 2 is 2.05 bits per heavy atom. The Bertz CT molecular complexity index is 628. The van der Waals surface area contributed by atoms with Gasteiger partial charge in [-0.3, -0.25) is 4.79 Å². The SMILES string of the molecule is O=C(CCl)c1ccc2c(c1)NCC(c1ccccc1)O2. The highest BCUT2D eigenvalue weighted by molar-refractivity contribution is 6.30. The van der Waals surface area contributed by atoms with E-state index >= 15 is 0 Å². The second kappa shape index (κ2) is 5.55. The third-order valence-electron chi connectivity index (χ3n) is 3.34. The van der Waals surface area contributed by atoms with Crippen molar-refractivity contribution in [3.05, 3.63) is 59.7 Å². The molecule has 20 heavy (non-hydrogen) atoms. The Hall–Kier alpha value is -2.00. The molecule has 2 aromatic rings. The fourth-order valence-corrected chi connectivity index (χ4v) is 2.43. The Kier molecular flexibility index (Phi) is 3.61. The van der Waals surface area contributed by atoms with Crippen LogP contribution >= 0.6 is 11.6 Å². The Morgan fingerprint density at radius 3 is 2.80 bits per heavy atom. The summed E-state index contributed by atoms with van der Waals surface area (Å²) in [6.07, 6.45) is -0.0155. The molecule has 0 aromatic heterocycles. The molecule has 1 unspecified atom stereocenters. The van der Waals surface area contributed by atoms with Gasteiger partial charge in [-0.15, -0.1) is 11.6 Å². The number of hydrogen-bond donors (Lipinski definition) is 1. The van der Waals surface area contributed by atoms with E-state index in [2.05, 4.69) is 5.32 Å². The molecule has 0 fully saturated rings. The number of carbonyl (C=O) groups excluding carboxylic acids is 1. The number of ether oxygens (including phenoxy) is 1. The number of anilines is 1. The van der Waals surface area contributed by atoms with Crippen molar-refractivity contribution in [3.63, 3.8) is 0 Å². The molecule has 1 N–H and O–H groups in total. The molecule has 1 atom stereocenters. The molecule has 0 saturated carbocycles. The first kappa shape index (κ1) is 13.0. The molecule has 1 aliphatic rings. The van der Waals surface area contributed by atoms with Crippen LogP contribution in [0, 0.1) is 0 Å². The summed E-state index contributed by atoms with van der Waals surface area (Å²) in [5.41, 5.74) is 2.58. The van der Waals surface area contributed by atoms with Crippen molar-refractivity contribution in [1.29, 1.82) is 0 Å². The molecule has 1 heterocycles.